The summed E-state index contributed by atoms with van der Waals surface area (Å²) in [5, 5.41) is 1.07. The van der Waals surface area contributed by atoms with Gasteiger partial charge in [-0.3, -0.25) is 9.78 Å². The van der Waals surface area contributed by atoms with Crippen molar-refractivity contribution in [3.05, 3.63) is 103 Å². The van der Waals surface area contributed by atoms with Gasteiger partial charge in [0.25, 0.3) is 5.91 Å². The molecule has 0 fully saturated rings. The second-order valence-electron chi connectivity index (χ2n) is 7.32. The molecule has 0 saturated carbocycles. The monoisotopic (exact) mass is 392 g/mol. The molecule has 5 aromatic rings. The topological polar surface area (TPSA) is 50.5 Å². The average molecular weight is 392 g/mol. The smallest absolute Gasteiger partial charge is 0.255 e. The molecule has 2 aromatic carbocycles. The van der Waals surface area contributed by atoms with Gasteiger partial charge >= 0.3 is 0 Å². The quantitative estimate of drug-likeness (QED) is 0.441. The van der Waals surface area contributed by atoms with Gasteiger partial charge in [-0.1, -0.05) is 48.5 Å². The zero-order valence-corrected chi connectivity index (χ0v) is 16.6. The Labute approximate surface area is 174 Å². The van der Waals surface area contributed by atoms with Crippen molar-refractivity contribution < 1.29 is 4.79 Å². The summed E-state index contributed by atoms with van der Waals surface area (Å²) in [6.45, 7) is 0.513. The van der Waals surface area contributed by atoms with Gasteiger partial charge < -0.3 is 9.30 Å². The number of amides is 1. The van der Waals surface area contributed by atoms with Crippen molar-refractivity contribution in [1.82, 2.24) is 19.3 Å². The Morgan fingerprint density at radius 3 is 2.60 bits per heavy atom. The third kappa shape index (κ3) is 3.31. The van der Waals surface area contributed by atoms with Crippen molar-refractivity contribution in [3.8, 4) is 11.3 Å². The van der Waals surface area contributed by atoms with Crippen LogP contribution in [0.3, 0.4) is 0 Å². The normalized spacial score (nSPS) is 11.1. The Kier molecular flexibility index (Phi) is 4.48. The SMILES string of the molecule is CN(Cc1ccnc2ccccc12)C(=O)c1ccc2nc(-c3ccccc3)cn2c1. The van der Waals surface area contributed by atoms with Gasteiger partial charge in [-0.2, -0.15) is 0 Å². The number of carbonyl (C=O) groups is 1. The van der Waals surface area contributed by atoms with E-state index in [1.807, 2.05) is 96.6 Å². The molecule has 1 amide bonds. The predicted octanol–water partition coefficient (Wildman–Crippen LogP) is 4.82. The molecule has 30 heavy (non-hydrogen) atoms. The lowest BCUT2D eigenvalue weighted by molar-refractivity contribution is 0.0785. The highest BCUT2D eigenvalue weighted by molar-refractivity contribution is 5.94. The minimum Gasteiger partial charge on any atom is -0.337 e. The van der Waals surface area contributed by atoms with E-state index in [2.05, 4.69) is 9.97 Å². The van der Waals surface area contributed by atoms with Crippen molar-refractivity contribution in [2.24, 2.45) is 0 Å². The fourth-order valence-corrected chi connectivity index (χ4v) is 3.71. The summed E-state index contributed by atoms with van der Waals surface area (Å²) in [6.07, 6.45) is 5.59. The molecular weight excluding hydrogens is 372 g/mol. The second-order valence-corrected chi connectivity index (χ2v) is 7.32. The fraction of sp³-hybridized carbons (Fsp3) is 0.0800. The zero-order chi connectivity index (χ0) is 20.5. The molecule has 0 saturated heterocycles. The number of pyridine rings is 2. The lowest BCUT2D eigenvalue weighted by Gasteiger charge is -2.18. The van der Waals surface area contributed by atoms with Gasteiger partial charge in [0.2, 0.25) is 0 Å². The molecule has 3 heterocycles. The van der Waals surface area contributed by atoms with Crippen molar-refractivity contribution in [3.63, 3.8) is 0 Å². The van der Waals surface area contributed by atoms with Gasteiger partial charge in [0.1, 0.15) is 5.65 Å². The van der Waals surface area contributed by atoms with Crippen LogP contribution in [-0.2, 0) is 6.54 Å². The van der Waals surface area contributed by atoms with Crippen LogP contribution < -0.4 is 0 Å². The number of imidazole rings is 1. The summed E-state index contributed by atoms with van der Waals surface area (Å²) >= 11 is 0. The molecule has 0 aliphatic carbocycles. The maximum absolute atomic E-state index is 13.1. The fourth-order valence-electron chi connectivity index (χ4n) is 3.71. The highest BCUT2D eigenvalue weighted by atomic mass is 16.2. The molecule has 0 N–H and O–H groups in total. The number of rotatable bonds is 4. The molecule has 0 spiro atoms. The molecule has 0 bridgehead atoms. The van der Waals surface area contributed by atoms with E-state index in [-0.39, 0.29) is 5.91 Å². The van der Waals surface area contributed by atoms with E-state index in [9.17, 15) is 4.79 Å². The second kappa shape index (κ2) is 7.44. The largest absolute Gasteiger partial charge is 0.337 e. The van der Waals surface area contributed by atoms with E-state index in [0.717, 1.165) is 33.4 Å². The van der Waals surface area contributed by atoms with Gasteiger partial charge in [0.05, 0.1) is 16.8 Å². The Bertz CT molecular complexity index is 1350. The lowest BCUT2D eigenvalue weighted by Crippen LogP contribution is -2.26. The number of carbonyl (C=O) groups excluding carboxylic acids is 1. The predicted molar refractivity (Wildman–Crippen MR) is 118 cm³/mol. The first kappa shape index (κ1) is 18.1. The molecule has 5 heteroatoms. The molecule has 5 nitrogen and oxygen atoms in total. The summed E-state index contributed by atoms with van der Waals surface area (Å²) in [4.78, 5) is 23.9. The molecular formula is C25H20N4O. The van der Waals surface area contributed by atoms with Crippen LogP contribution in [0.2, 0.25) is 0 Å². The Morgan fingerprint density at radius 1 is 0.933 bits per heavy atom. The van der Waals surface area contributed by atoms with E-state index in [1.54, 1.807) is 11.1 Å². The summed E-state index contributed by atoms with van der Waals surface area (Å²) < 4.78 is 1.91. The molecule has 0 aliphatic rings. The maximum Gasteiger partial charge on any atom is 0.255 e. The van der Waals surface area contributed by atoms with E-state index in [0.29, 0.717) is 12.1 Å². The lowest BCUT2D eigenvalue weighted by atomic mass is 10.1. The van der Waals surface area contributed by atoms with E-state index >= 15 is 0 Å². The minimum atomic E-state index is -0.0345. The van der Waals surface area contributed by atoms with E-state index in [4.69, 9.17) is 0 Å². The molecule has 5 rings (SSSR count). The number of para-hydroxylation sites is 1. The van der Waals surface area contributed by atoms with Crippen LogP contribution in [0.1, 0.15) is 15.9 Å². The third-order valence-corrected chi connectivity index (χ3v) is 5.26. The number of aromatic nitrogens is 3. The van der Waals surface area contributed by atoms with Crippen LogP contribution in [0.15, 0.2) is 91.4 Å². The van der Waals surface area contributed by atoms with Crippen LogP contribution >= 0.6 is 0 Å². The molecule has 146 valence electrons. The van der Waals surface area contributed by atoms with Gasteiger partial charge in [0.15, 0.2) is 0 Å². The maximum atomic E-state index is 13.1. The molecule has 0 unspecified atom stereocenters. The summed E-state index contributed by atoms with van der Waals surface area (Å²) in [5.74, 6) is -0.0345. The van der Waals surface area contributed by atoms with E-state index < -0.39 is 0 Å². The van der Waals surface area contributed by atoms with Crippen molar-refractivity contribution in [1.29, 1.82) is 0 Å². The third-order valence-electron chi connectivity index (χ3n) is 5.26. The number of benzene rings is 2. The first-order chi connectivity index (χ1) is 14.7. The average Bonchev–Trinajstić information content (AvgIpc) is 3.23. The Morgan fingerprint density at radius 2 is 1.73 bits per heavy atom. The highest BCUT2D eigenvalue weighted by Crippen LogP contribution is 2.21. The number of hydrogen-bond donors (Lipinski definition) is 0. The summed E-state index contributed by atoms with van der Waals surface area (Å²) in [6, 6.07) is 23.7. The molecule has 0 atom stereocenters. The Hall–Kier alpha value is -3.99. The van der Waals surface area contributed by atoms with Crippen LogP contribution in [-0.4, -0.2) is 32.2 Å². The van der Waals surface area contributed by atoms with Crippen molar-refractivity contribution in [2.75, 3.05) is 7.05 Å². The van der Waals surface area contributed by atoms with Crippen LogP contribution in [0.25, 0.3) is 27.8 Å². The van der Waals surface area contributed by atoms with Crippen molar-refractivity contribution in [2.45, 2.75) is 6.54 Å². The zero-order valence-electron chi connectivity index (χ0n) is 16.6. The van der Waals surface area contributed by atoms with Gasteiger partial charge in [-0.05, 0) is 29.8 Å². The Balaban J connectivity index is 1.42. The van der Waals surface area contributed by atoms with Gasteiger partial charge in [0, 0.05) is 43.1 Å². The number of hydrogen-bond acceptors (Lipinski definition) is 3. The summed E-state index contributed by atoms with van der Waals surface area (Å²) in [5.41, 5.74) is 5.39. The number of nitrogens with zero attached hydrogens (tertiary/aromatic N) is 4. The van der Waals surface area contributed by atoms with Crippen LogP contribution in [0, 0.1) is 0 Å². The number of fused-ring (bicyclic) bond motifs is 2. The summed E-state index contributed by atoms with van der Waals surface area (Å²) in [7, 11) is 1.82. The molecule has 3 aromatic heterocycles. The van der Waals surface area contributed by atoms with Crippen molar-refractivity contribution >= 4 is 22.5 Å². The first-order valence-electron chi connectivity index (χ1n) is 9.81. The van der Waals surface area contributed by atoms with Gasteiger partial charge in [-0.25, -0.2) is 4.98 Å². The van der Waals surface area contributed by atoms with Crippen LogP contribution in [0.4, 0.5) is 0 Å². The van der Waals surface area contributed by atoms with Gasteiger partial charge in [-0.15, -0.1) is 0 Å². The van der Waals surface area contributed by atoms with E-state index in [1.165, 1.54) is 0 Å². The molecule has 0 radical (unpaired) electrons. The minimum absolute atomic E-state index is 0.0345. The standard InChI is InChI=1S/C25H20N4O/c1-28(15-19-13-14-26-22-10-6-5-9-21(19)22)25(30)20-11-12-24-27-23(17-29(24)16-20)18-7-3-2-4-8-18/h2-14,16-17H,15H2,1H3. The van der Waals surface area contributed by atoms with Crippen LogP contribution in [0.5, 0.6) is 0 Å². The molecule has 0 aliphatic heterocycles. The first-order valence-corrected chi connectivity index (χ1v) is 9.81. The highest BCUT2D eigenvalue weighted by Gasteiger charge is 2.15.